The van der Waals surface area contributed by atoms with Gasteiger partial charge in [0.2, 0.25) is 0 Å². The molecule has 0 saturated heterocycles. The largest absolute Gasteiger partial charge is 0.469 e. The molecule has 0 aromatic rings. The Morgan fingerprint density at radius 3 is 2.33 bits per heavy atom. The predicted molar refractivity (Wildman–Crippen MR) is 58.4 cm³/mol. The van der Waals surface area contributed by atoms with Gasteiger partial charge in [0.1, 0.15) is 0 Å². The van der Waals surface area contributed by atoms with Crippen LogP contribution in [0.2, 0.25) is 0 Å². The smallest absolute Gasteiger partial charge is 0.303 e. The van der Waals surface area contributed by atoms with Crippen molar-refractivity contribution in [3.05, 3.63) is 0 Å². The molecule has 1 fully saturated rings. The van der Waals surface area contributed by atoms with Crippen molar-refractivity contribution in [1.29, 1.82) is 0 Å². The molecule has 0 amide bonds. The molecule has 4 nitrogen and oxygen atoms in total. The van der Waals surface area contributed by atoms with Gasteiger partial charge in [-0.25, -0.2) is 4.57 Å². The zero-order valence-corrected chi connectivity index (χ0v) is 10.2. The maximum Gasteiger partial charge on any atom is 0.469 e. The second-order valence-electron chi connectivity index (χ2n) is 4.38. The monoisotopic (exact) mass is 236 g/mol. The number of hydrogen-bond donors (Lipinski definition) is 2. The molecule has 0 unspecified atom stereocenters. The topological polar surface area (TPSA) is 66.8 Å². The van der Waals surface area contributed by atoms with Gasteiger partial charge in [-0.2, -0.15) is 0 Å². The van der Waals surface area contributed by atoms with Crippen molar-refractivity contribution in [3.8, 4) is 0 Å². The van der Waals surface area contributed by atoms with Crippen molar-refractivity contribution in [1.82, 2.24) is 0 Å². The first kappa shape index (κ1) is 13.2. The van der Waals surface area contributed by atoms with Gasteiger partial charge in [-0.05, 0) is 31.6 Å². The molecule has 1 aliphatic carbocycles. The van der Waals surface area contributed by atoms with E-state index in [2.05, 4.69) is 6.92 Å². The zero-order chi connectivity index (χ0) is 11.3. The van der Waals surface area contributed by atoms with Crippen molar-refractivity contribution in [3.63, 3.8) is 0 Å². The van der Waals surface area contributed by atoms with Crippen LogP contribution in [-0.2, 0) is 9.09 Å². The Hall–Kier alpha value is 0.110. The van der Waals surface area contributed by atoms with Crippen LogP contribution in [0.25, 0.3) is 0 Å². The SMILES string of the molecule is CCCCC1CCC(OP(=O)(O)O)CC1. The number of unbranched alkanes of at least 4 members (excludes halogenated alkanes) is 1. The first-order valence-corrected chi connectivity index (χ1v) is 7.28. The quantitative estimate of drug-likeness (QED) is 0.720. The van der Waals surface area contributed by atoms with Crippen LogP contribution in [0.1, 0.15) is 51.9 Å². The van der Waals surface area contributed by atoms with E-state index in [0.29, 0.717) is 0 Å². The van der Waals surface area contributed by atoms with E-state index < -0.39 is 7.82 Å². The van der Waals surface area contributed by atoms with Gasteiger partial charge < -0.3 is 9.79 Å². The van der Waals surface area contributed by atoms with Gasteiger partial charge >= 0.3 is 7.82 Å². The van der Waals surface area contributed by atoms with E-state index >= 15 is 0 Å². The van der Waals surface area contributed by atoms with Crippen molar-refractivity contribution >= 4 is 7.82 Å². The lowest BCUT2D eigenvalue weighted by molar-refractivity contribution is 0.0878. The highest BCUT2D eigenvalue weighted by Gasteiger charge is 2.27. The van der Waals surface area contributed by atoms with Gasteiger partial charge in [-0.15, -0.1) is 0 Å². The van der Waals surface area contributed by atoms with Crippen molar-refractivity contribution < 1.29 is 18.9 Å². The second-order valence-corrected chi connectivity index (χ2v) is 5.57. The van der Waals surface area contributed by atoms with Gasteiger partial charge in [0, 0.05) is 0 Å². The van der Waals surface area contributed by atoms with E-state index in [9.17, 15) is 4.57 Å². The highest BCUT2D eigenvalue weighted by atomic mass is 31.2. The molecule has 1 rings (SSSR count). The highest BCUT2D eigenvalue weighted by molar-refractivity contribution is 7.46. The summed E-state index contributed by atoms with van der Waals surface area (Å²) in [6.07, 6.45) is 7.17. The predicted octanol–water partition coefficient (Wildman–Crippen LogP) is 2.84. The Morgan fingerprint density at radius 1 is 1.27 bits per heavy atom. The third kappa shape index (κ3) is 5.67. The Morgan fingerprint density at radius 2 is 1.87 bits per heavy atom. The summed E-state index contributed by atoms with van der Waals surface area (Å²) in [7, 11) is -4.28. The molecule has 0 aliphatic heterocycles. The summed E-state index contributed by atoms with van der Waals surface area (Å²) in [6, 6.07) is 0. The van der Waals surface area contributed by atoms with Crippen molar-refractivity contribution in [2.75, 3.05) is 0 Å². The van der Waals surface area contributed by atoms with Crippen molar-refractivity contribution in [2.24, 2.45) is 5.92 Å². The summed E-state index contributed by atoms with van der Waals surface area (Å²) in [5, 5.41) is 0. The molecule has 5 heteroatoms. The normalized spacial score (nSPS) is 27.9. The molecule has 90 valence electrons. The maximum absolute atomic E-state index is 10.6. The van der Waals surface area contributed by atoms with E-state index in [1.165, 1.54) is 19.3 Å². The second kappa shape index (κ2) is 6.00. The van der Waals surface area contributed by atoms with Gasteiger partial charge in [0.25, 0.3) is 0 Å². The molecule has 1 aliphatic rings. The lowest BCUT2D eigenvalue weighted by Crippen LogP contribution is -2.20. The van der Waals surface area contributed by atoms with Crippen LogP contribution in [0, 0.1) is 5.92 Å². The Labute approximate surface area is 91.3 Å². The zero-order valence-electron chi connectivity index (χ0n) is 9.26. The Bertz CT molecular complexity index is 217. The van der Waals surface area contributed by atoms with Gasteiger partial charge in [0.05, 0.1) is 6.10 Å². The maximum atomic E-state index is 10.6. The van der Waals surface area contributed by atoms with E-state index in [-0.39, 0.29) is 6.10 Å². The molecule has 1 saturated carbocycles. The number of phosphoric ester groups is 1. The lowest BCUT2D eigenvalue weighted by Gasteiger charge is -2.28. The molecule has 0 atom stereocenters. The Kier molecular flexibility index (Phi) is 5.27. The summed E-state index contributed by atoms with van der Waals surface area (Å²) in [6.45, 7) is 2.18. The Balaban J connectivity index is 2.21. The van der Waals surface area contributed by atoms with Crippen LogP contribution in [0.4, 0.5) is 0 Å². The molecule has 0 aromatic carbocycles. The third-order valence-electron chi connectivity index (χ3n) is 3.05. The average Bonchev–Trinajstić information content (AvgIpc) is 2.14. The van der Waals surface area contributed by atoms with Gasteiger partial charge in [-0.3, -0.25) is 4.52 Å². The fourth-order valence-electron chi connectivity index (χ4n) is 2.21. The molecule has 15 heavy (non-hydrogen) atoms. The van der Waals surface area contributed by atoms with Crippen LogP contribution in [0.5, 0.6) is 0 Å². The third-order valence-corrected chi connectivity index (χ3v) is 3.62. The molecule has 0 aromatic heterocycles. The molecule has 0 spiro atoms. The van der Waals surface area contributed by atoms with Gasteiger partial charge in [0.15, 0.2) is 0 Å². The minimum Gasteiger partial charge on any atom is -0.303 e. The van der Waals surface area contributed by atoms with Gasteiger partial charge in [-0.1, -0.05) is 26.2 Å². The summed E-state index contributed by atoms with van der Waals surface area (Å²) < 4.78 is 15.3. The molecular weight excluding hydrogens is 215 g/mol. The lowest BCUT2D eigenvalue weighted by atomic mass is 9.84. The summed E-state index contributed by atoms with van der Waals surface area (Å²) in [5.41, 5.74) is 0. The first-order valence-electron chi connectivity index (χ1n) is 5.75. The minimum atomic E-state index is -4.28. The van der Waals surface area contributed by atoms with E-state index in [4.69, 9.17) is 14.3 Å². The first-order chi connectivity index (χ1) is 7.01. The van der Waals surface area contributed by atoms with Crippen LogP contribution < -0.4 is 0 Å². The number of phosphoric acid groups is 1. The van der Waals surface area contributed by atoms with Crippen LogP contribution >= 0.6 is 7.82 Å². The average molecular weight is 236 g/mol. The minimum absolute atomic E-state index is 0.233. The van der Waals surface area contributed by atoms with Crippen LogP contribution in [0.15, 0.2) is 0 Å². The standard InChI is InChI=1S/C10H21O4P/c1-2-3-4-9-5-7-10(8-6-9)14-15(11,12)13/h9-10H,2-8H2,1H3,(H2,11,12,13). The number of hydrogen-bond acceptors (Lipinski definition) is 2. The molecule has 0 radical (unpaired) electrons. The van der Waals surface area contributed by atoms with Crippen molar-refractivity contribution in [2.45, 2.75) is 58.0 Å². The summed E-state index contributed by atoms with van der Waals surface area (Å²) in [4.78, 5) is 17.3. The molecule has 2 N–H and O–H groups in total. The van der Waals surface area contributed by atoms with Crippen LogP contribution in [-0.4, -0.2) is 15.9 Å². The van der Waals surface area contributed by atoms with E-state index in [1.807, 2.05) is 0 Å². The van der Waals surface area contributed by atoms with Crippen LogP contribution in [0.3, 0.4) is 0 Å². The highest BCUT2D eigenvalue weighted by Crippen LogP contribution is 2.42. The number of rotatable bonds is 5. The summed E-state index contributed by atoms with van der Waals surface area (Å²) >= 11 is 0. The molecule has 0 heterocycles. The fraction of sp³-hybridized carbons (Fsp3) is 1.00. The molecular formula is C10H21O4P. The van der Waals surface area contributed by atoms with E-state index in [1.54, 1.807) is 0 Å². The van der Waals surface area contributed by atoms with E-state index in [0.717, 1.165) is 31.6 Å². The molecule has 0 bridgehead atoms. The fourth-order valence-corrected chi connectivity index (χ4v) is 2.81. The summed E-state index contributed by atoms with van der Waals surface area (Å²) in [5.74, 6) is 0.738.